The van der Waals surface area contributed by atoms with Gasteiger partial charge in [0.2, 0.25) is 5.91 Å². The fourth-order valence-electron chi connectivity index (χ4n) is 2.75. The van der Waals surface area contributed by atoms with E-state index in [0.29, 0.717) is 18.8 Å². The molecule has 5 nitrogen and oxygen atoms in total. The molecule has 1 aliphatic rings. The third-order valence-electron chi connectivity index (χ3n) is 3.98. The summed E-state index contributed by atoms with van der Waals surface area (Å²) in [4.78, 5) is 12.1. The molecular formula is C13H22N4O. The van der Waals surface area contributed by atoms with Crippen molar-refractivity contribution in [3.05, 3.63) is 11.8 Å². The van der Waals surface area contributed by atoms with E-state index in [1.54, 1.807) is 6.20 Å². The summed E-state index contributed by atoms with van der Waals surface area (Å²) < 4.78 is 0. The van der Waals surface area contributed by atoms with Crippen LogP contribution in [0.3, 0.4) is 0 Å². The van der Waals surface area contributed by atoms with Crippen molar-refractivity contribution in [1.82, 2.24) is 10.2 Å². The molecule has 1 aromatic rings. The van der Waals surface area contributed by atoms with E-state index in [9.17, 15) is 4.79 Å². The van der Waals surface area contributed by atoms with E-state index < -0.39 is 0 Å². The quantitative estimate of drug-likeness (QED) is 0.763. The van der Waals surface area contributed by atoms with Gasteiger partial charge in [-0.3, -0.25) is 9.89 Å². The number of aromatic amines is 1. The molecule has 1 fully saturated rings. The maximum Gasteiger partial charge on any atom is 0.226 e. The van der Waals surface area contributed by atoms with Crippen LogP contribution in [0.5, 0.6) is 0 Å². The van der Waals surface area contributed by atoms with Gasteiger partial charge >= 0.3 is 0 Å². The molecule has 1 saturated carbocycles. The van der Waals surface area contributed by atoms with E-state index in [2.05, 4.69) is 15.5 Å². The number of amides is 1. The fraction of sp³-hybridized carbons (Fsp3) is 0.692. The van der Waals surface area contributed by atoms with Gasteiger partial charge < -0.3 is 11.1 Å². The van der Waals surface area contributed by atoms with E-state index in [-0.39, 0.29) is 11.3 Å². The summed E-state index contributed by atoms with van der Waals surface area (Å²) >= 11 is 0. The molecule has 4 N–H and O–H groups in total. The number of anilines is 1. The number of carbonyl (C=O) groups excluding carboxylic acids is 1. The lowest BCUT2D eigenvalue weighted by atomic mass is 9.71. The van der Waals surface area contributed by atoms with Crippen molar-refractivity contribution in [2.24, 2.45) is 11.1 Å². The van der Waals surface area contributed by atoms with E-state index in [0.717, 1.165) is 18.4 Å². The number of hydrogen-bond donors (Lipinski definition) is 3. The van der Waals surface area contributed by atoms with Gasteiger partial charge in [0, 0.05) is 12.0 Å². The van der Waals surface area contributed by atoms with Crippen LogP contribution < -0.4 is 11.1 Å². The van der Waals surface area contributed by atoms with Crippen molar-refractivity contribution < 1.29 is 4.79 Å². The number of rotatable bonds is 4. The molecule has 1 amide bonds. The van der Waals surface area contributed by atoms with Gasteiger partial charge in [0.25, 0.3) is 0 Å². The molecule has 0 saturated heterocycles. The first-order chi connectivity index (χ1) is 8.65. The standard InChI is InChI=1S/C13H22N4O/c1-10-8-15-17-12(10)16-11(18)7-13(9-14)5-3-2-4-6-13/h8H,2-7,9,14H2,1H3,(H2,15,16,17,18). The molecule has 0 spiro atoms. The molecule has 1 aliphatic carbocycles. The van der Waals surface area contributed by atoms with Gasteiger partial charge in [-0.15, -0.1) is 0 Å². The van der Waals surface area contributed by atoms with Gasteiger partial charge in [-0.2, -0.15) is 5.10 Å². The Kier molecular flexibility index (Phi) is 4.01. The van der Waals surface area contributed by atoms with E-state index in [4.69, 9.17) is 5.73 Å². The van der Waals surface area contributed by atoms with Gasteiger partial charge in [-0.05, 0) is 31.7 Å². The minimum Gasteiger partial charge on any atom is -0.330 e. The molecule has 0 unspecified atom stereocenters. The van der Waals surface area contributed by atoms with Crippen molar-refractivity contribution in [2.75, 3.05) is 11.9 Å². The highest BCUT2D eigenvalue weighted by atomic mass is 16.1. The first kappa shape index (κ1) is 13.1. The summed E-state index contributed by atoms with van der Waals surface area (Å²) in [5, 5.41) is 9.57. The first-order valence-corrected chi connectivity index (χ1v) is 6.65. The topological polar surface area (TPSA) is 83.8 Å². The Morgan fingerprint density at radius 3 is 2.78 bits per heavy atom. The number of hydrogen-bond acceptors (Lipinski definition) is 3. The minimum atomic E-state index is 0.0102. The monoisotopic (exact) mass is 250 g/mol. The summed E-state index contributed by atoms with van der Waals surface area (Å²) in [5.74, 6) is 0.734. The number of aromatic nitrogens is 2. The van der Waals surface area contributed by atoms with Crippen molar-refractivity contribution in [3.63, 3.8) is 0 Å². The third-order valence-corrected chi connectivity index (χ3v) is 3.98. The molecule has 0 aliphatic heterocycles. The smallest absolute Gasteiger partial charge is 0.226 e. The van der Waals surface area contributed by atoms with Crippen LogP contribution in [-0.2, 0) is 4.79 Å². The predicted octanol–water partition coefficient (Wildman–Crippen LogP) is 1.96. The largest absolute Gasteiger partial charge is 0.330 e. The fourth-order valence-corrected chi connectivity index (χ4v) is 2.75. The highest BCUT2D eigenvalue weighted by molar-refractivity contribution is 5.90. The normalized spacial score (nSPS) is 18.6. The van der Waals surface area contributed by atoms with E-state index in [1.807, 2.05) is 6.92 Å². The molecule has 1 heterocycles. The molecule has 100 valence electrons. The molecule has 1 aromatic heterocycles. The van der Waals surface area contributed by atoms with Gasteiger partial charge in [0.15, 0.2) is 0 Å². The van der Waals surface area contributed by atoms with Gasteiger partial charge in [0.05, 0.1) is 6.20 Å². The number of carbonyl (C=O) groups is 1. The van der Waals surface area contributed by atoms with Crippen molar-refractivity contribution >= 4 is 11.7 Å². The molecular weight excluding hydrogens is 228 g/mol. The Bertz CT molecular complexity index is 407. The van der Waals surface area contributed by atoms with Crippen molar-refractivity contribution in [1.29, 1.82) is 0 Å². The van der Waals surface area contributed by atoms with E-state index >= 15 is 0 Å². The average molecular weight is 250 g/mol. The number of nitrogens with zero attached hydrogens (tertiary/aromatic N) is 1. The molecule has 0 radical (unpaired) electrons. The Morgan fingerprint density at radius 2 is 2.22 bits per heavy atom. The molecule has 0 atom stereocenters. The zero-order valence-electron chi connectivity index (χ0n) is 11.0. The number of nitrogens with one attached hydrogen (secondary N) is 2. The van der Waals surface area contributed by atoms with Gasteiger partial charge in [-0.1, -0.05) is 19.3 Å². The molecule has 0 aromatic carbocycles. The lowest BCUT2D eigenvalue weighted by molar-refractivity contribution is -0.118. The molecule has 18 heavy (non-hydrogen) atoms. The Labute approximate surface area is 108 Å². The minimum absolute atomic E-state index is 0.0102. The molecule has 5 heteroatoms. The maximum absolute atomic E-state index is 12.1. The van der Waals surface area contributed by atoms with Crippen LogP contribution >= 0.6 is 0 Å². The van der Waals surface area contributed by atoms with Crippen LogP contribution in [-0.4, -0.2) is 22.6 Å². The second-order valence-corrected chi connectivity index (χ2v) is 5.42. The molecule has 0 bridgehead atoms. The number of H-pyrrole nitrogens is 1. The van der Waals surface area contributed by atoms with Gasteiger partial charge in [-0.25, -0.2) is 0 Å². The molecule has 2 rings (SSSR count). The summed E-state index contributed by atoms with van der Waals surface area (Å²) in [5.41, 5.74) is 6.85. The second-order valence-electron chi connectivity index (χ2n) is 5.42. The Balaban J connectivity index is 1.95. The highest BCUT2D eigenvalue weighted by Crippen LogP contribution is 2.38. The Hall–Kier alpha value is -1.36. The van der Waals surface area contributed by atoms with Crippen LogP contribution in [0.1, 0.15) is 44.1 Å². The van der Waals surface area contributed by atoms with Crippen LogP contribution in [0.4, 0.5) is 5.82 Å². The zero-order valence-corrected chi connectivity index (χ0v) is 11.0. The van der Waals surface area contributed by atoms with Crippen LogP contribution in [0, 0.1) is 12.3 Å². The van der Waals surface area contributed by atoms with Crippen molar-refractivity contribution in [2.45, 2.75) is 45.4 Å². The zero-order chi connectivity index (χ0) is 13.0. The summed E-state index contributed by atoms with van der Waals surface area (Å²) in [6.45, 7) is 2.51. The van der Waals surface area contributed by atoms with Crippen LogP contribution in [0.25, 0.3) is 0 Å². The van der Waals surface area contributed by atoms with Crippen molar-refractivity contribution in [3.8, 4) is 0 Å². The average Bonchev–Trinajstić information content (AvgIpc) is 2.76. The van der Waals surface area contributed by atoms with Crippen LogP contribution in [0.15, 0.2) is 6.20 Å². The predicted molar refractivity (Wildman–Crippen MR) is 71.1 cm³/mol. The maximum atomic E-state index is 12.1. The Morgan fingerprint density at radius 1 is 1.50 bits per heavy atom. The second kappa shape index (κ2) is 5.52. The third kappa shape index (κ3) is 2.90. The van der Waals surface area contributed by atoms with Gasteiger partial charge in [0.1, 0.15) is 5.82 Å². The lowest BCUT2D eigenvalue weighted by Gasteiger charge is -2.35. The summed E-state index contributed by atoms with van der Waals surface area (Å²) in [6.07, 6.45) is 8.00. The van der Waals surface area contributed by atoms with Crippen LogP contribution in [0.2, 0.25) is 0 Å². The lowest BCUT2D eigenvalue weighted by Crippen LogP contribution is -2.36. The first-order valence-electron chi connectivity index (χ1n) is 6.65. The SMILES string of the molecule is Cc1cn[nH]c1NC(=O)CC1(CN)CCCCC1. The highest BCUT2D eigenvalue weighted by Gasteiger charge is 2.33. The number of aryl methyl sites for hydroxylation is 1. The summed E-state index contributed by atoms with van der Waals surface area (Å²) in [7, 11) is 0. The summed E-state index contributed by atoms with van der Waals surface area (Å²) in [6, 6.07) is 0. The van der Waals surface area contributed by atoms with E-state index in [1.165, 1.54) is 19.3 Å². The number of nitrogens with two attached hydrogens (primary N) is 1.